The molecule has 0 saturated carbocycles. The van der Waals surface area contributed by atoms with Crippen LogP contribution in [0.3, 0.4) is 0 Å². The van der Waals surface area contributed by atoms with Crippen LogP contribution in [0.25, 0.3) is 11.4 Å². The van der Waals surface area contributed by atoms with Crippen molar-refractivity contribution in [1.82, 2.24) is 14.9 Å². The van der Waals surface area contributed by atoms with Crippen LogP contribution < -0.4 is 11.2 Å². The molecular formula is C17H15F2N5OS. The first-order chi connectivity index (χ1) is 12.4. The number of thioether (sulfide) groups is 1. The molecule has 1 amide bonds. The van der Waals surface area contributed by atoms with Crippen molar-refractivity contribution in [3.63, 3.8) is 0 Å². The van der Waals surface area contributed by atoms with E-state index in [9.17, 15) is 13.6 Å². The molecule has 6 nitrogen and oxygen atoms in total. The van der Waals surface area contributed by atoms with Gasteiger partial charge in [-0.3, -0.25) is 4.79 Å². The summed E-state index contributed by atoms with van der Waals surface area (Å²) in [6, 6.07) is 10.1. The molecule has 1 aromatic heterocycles. The highest BCUT2D eigenvalue weighted by Gasteiger charge is 2.14. The molecule has 0 aliphatic rings. The van der Waals surface area contributed by atoms with Gasteiger partial charge in [0.05, 0.1) is 5.75 Å². The molecule has 3 aromatic rings. The molecule has 0 aliphatic heterocycles. The van der Waals surface area contributed by atoms with Gasteiger partial charge in [0.1, 0.15) is 11.6 Å². The molecule has 2 aromatic carbocycles. The molecule has 9 heteroatoms. The van der Waals surface area contributed by atoms with E-state index in [1.807, 2.05) is 0 Å². The van der Waals surface area contributed by atoms with E-state index in [0.29, 0.717) is 27.8 Å². The first-order valence-electron chi connectivity index (χ1n) is 7.59. The van der Waals surface area contributed by atoms with Gasteiger partial charge in [0.25, 0.3) is 0 Å². The van der Waals surface area contributed by atoms with Gasteiger partial charge in [-0.05, 0) is 48.9 Å². The summed E-state index contributed by atoms with van der Waals surface area (Å²) in [4.78, 5) is 12.0. The third kappa shape index (κ3) is 3.99. The predicted molar refractivity (Wildman–Crippen MR) is 96.1 cm³/mol. The maximum absolute atomic E-state index is 13.5. The van der Waals surface area contributed by atoms with Gasteiger partial charge >= 0.3 is 0 Å². The molecule has 0 unspecified atom stereocenters. The van der Waals surface area contributed by atoms with Gasteiger partial charge in [-0.25, -0.2) is 13.5 Å². The molecule has 0 spiro atoms. The summed E-state index contributed by atoms with van der Waals surface area (Å²) >= 11 is 1.08. The third-order valence-electron chi connectivity index (χ3n) is 3.55. The summed E-state index contributed by atoms with van der Waals surface area (Å²) in [5.74, 6) is 5.24. The van der Waals surface area contributed by atoms with Crippen LogP contribution in [0.15, 0.2) is 47.6 Å². The Morgan fingerprint density at radius 1 is 1.19 bits per heavy atom. The SMILES string of the molecule is Cc1ccc(NC(=O)CSc2nnc(-c3ccc(F)cc3)n2N)cc1F. The number of anilines is 1. The number of benzene rings is 2. The highest BCUT2D eigenvalue weighted by Crippen LogP contribution is 2.22. The van der Waals surface area contributed by atoms with E-state index in [4.69, 9.17) is 5.84 Å². The number of halogens is 2. The van der Waals surface area contributed by atoms with Crippen molar-refractivity contribution < 1.29 is 13.6 Å². The van der Waals surface area contributed by atoms with E-state index in [0.717, 1.165) is 11.8 Å². The van der Waals surface area contributed by atoms with Crippen LogP contribution in [0.4, 0.5) is 14.5 Å². The van der Waals surface area contributed by atoms with Crippen LogP contribution in [-0.4, -0.2) is 26.5 Å². The number of hydrogen-bond donors (Lipinski definition) is 2. The van der Waals surface area contributed by atoms with E-state index >= 15 is 0 Å². The minimum absolute atomic E-state index is 0.0221. The predicted octanol–water partition coefficient (Wildman–Crippen LogP) is 2.98. The Morgan fingerprint density at radius 3 is 2.62 bits per heavy atom. The maximum Gasteiger partial charge on any atom is 0.234 e. The Hall–Kier alpha value is -2.94. The van der Waals surface area contributed by atoms with Crippen molar-refractivity contribution in [3.05, 3.63) is 59.7 Å². The maximum atomic E-state index is 13.5. The Labute approximate surface area is 152 Å². The van der Waals surface area contributed by atoms with Gasteiger partial charge in [-0.2, -0.15) is 0 Å². The minimum Gasteiger partial charge on any atom is -0.335 e. The number of carbonyl (C=O) groups is 1. The van der Waals surface area contributed by atoms with Crippen molar-refractivity contribution in [2.45, 2.75) is 12.1 Å². The number of hydrogen-bond acceptors (Lipinski definition) is 5. The molecule has 0 bridgehead atoms. The van der Waals surface area contributed by atoms with Crippen molar-refractivity contribution in [3.8, 4) is 11.4 Å². The van der Waals surface area contributed by atoms with E-state index in [2.05, 4.69) is 15.5 Å². The molecule has 0 atom stereocenters. The molecule has 0 saturated heterocycles. The number of amides is 1. The zero-order valence-electron chi connectivity index (χ0n) is 13.7. The Balaban J connectivity index is 1.63. The lowest BCUT2D eigenvalue weighted by molar-refractivity contribution is -0.113. The van der Waals surface area contributed by atoms with Gasteiger partial charge in [0, 0.05) is 11.3 Å². The first-order valence-corrected chi connectivity index (χ1v) is 8.58. The van der Waals surface area contributed by atoms with Crippen LogP contribution >= 0.6 is 11.8 Å². The van der Waals surface area contributed by atoms with Crippen molar-refractivity contribution in [2.75, 3.05) is 16.9 Å². The van der Waals surface area contributed by atoms with E-state index in [1.165, 1.54) is 35.0 Å². The molecule has 0 aliphatic carbocycles. The number of nitrogens with one attached hydrogen (secondary N) is 1. The van der Waals surface area contributed by atoms with Gasteiger partial charge < -0.3 is 11.2 Å². The topological polar surface area (TPSA) is 85.8 Å². The summed E-state index contributed by atoms with van der Waals surface area (Å²) in [6.07, 6.45) is 0. The Bertz CT molecular complexity index is 943. The normalized spacial score (nSPS) is 10.7. The van der Waals surface area contributed by atoms with E-state index in [1.54, 1.807) is 19.1 Å². The summed E-state index contributed by atoms with van der Waals surface area (Å²) in [5, 5.41) is 10.8. The second kappa shape index (κ2) is 7.52. The fraction of sp³-hybridized carbons (Fsp3) is 0.118. The summed E-state index contributed by atoms with van der Waals surface area (Å²) in [5.41, 5.74) is 1.48. The first kappa shape index (κ1) is 17.9. The molecule has 3 rings (SSSR count). The van der Waals surface area contributed by atoms with Crippen LogP contribution in [-0.2, 0) is 4.79 Å². The van der Waals surface area contributed by atoms with Crippen LogP contribution in [0, 0.1) is 18.6 Å². The monoisotopic (exact) mass is 375 g/mol. The number of nitrogens with two attached hydrogens (primary N) is 1. The molecular weight excluding hydrogens is 360 g/mol. The lowest BCUT2D eigenvalue weighted by Gasteiger charge is -2.06. The Morgan fingerprint density at radius 2 is 1.92 bits per heavy atom. The molecule has 1 heterocycles. The quantitative estimate of drug-likeness (QED) is 0.529. The second-order valence-electron chi connectivity index (χ2n) is 5.48. The van der Waals surface area contributed by atoms with Gasteiger partial charge in [-0.15, -0.1) is 10.2 Å². The number of rotatable bonds is 5. The highest BCUT2D eigenvalue weighted by atomic mass is 32.2. The summed E-state index contributed by atoms with van der Waals surface area (Å²) < 4.78 is 27.7. The van der Waals surface area contributed by atoms with Crippen LogP contribution in [0.2, 0.25) is 0 Å². The van der Waals surface area contributed by atoms with Gasteiger partial charge in [0.2, 0.25) is 11.1 Å². The molecule has 0 radical (unpaired) electrons. The fourth-order valence-corrected chi connectivity index (χ4v) is 2.83. The number of nitrogens with zero attached hydrogens (tertiary/aromatic N) is 3. The number of nitrogen functional groups attached to an aromatic ring is 1. The average molecular weight is 375 g/mol. The highest BCUT2D eigenvalue weighted by molar-refractivity contribution is 7.99. The van der Waals surface area contributed by atoms with Crippen molar-refractivity contribution >= 4 is 23.4 Å². The zero-order valence-corrected chi connectivity index (χ0v) is 14.6. The average Bonchev–Trinajstić information content (AvgIpc) is 2.98. The van der Waals surface area contributed by atoms with E-state index < -0.39 is 0 Å². The van der Waals surface area contributed by atoms with Crippen molar-refractivity contribution in [2.24, 2.45) is 0 Å². The molecule has 134 valence electrons. The van der Waals surface area contributed by atoms with Crippen molar-refractivity contribution in [1.29, 1.82) is 0 Å². The lowest BCUT2D eigenvalue weighted by Crippen LogP contribution is -2.16. The van der Waals surface area contributed by atoms with Crippen LogP contribution in [0.1, 0.15) is 5.56 Å². The lowest BCUT2D eigenvalue weighted by atomic mass is 10.2. The van der Waals surface area contributed by atoms with E-state index in [-0.39, 0.29) is 23.3 Å². The molecule has 3 N–H and O–H groups in total. The second-order valence-corrected chi connectivity index (χ2v) is 6.43. The largest absolute Gasteiger partial charge is 0.335 e. The smallest absolute Gasteiger partial charge is 0.234 e. The third-order valence-corrected chi connectivity index (χ3v) is 4.50. The standard InChI is InChI=1S/C17H15F2N5OS/c1-10-2-7-13(8-14(10)19)21-15(25)9-26-17-23-22-16(24(17)20)11-3-5-12(18)6-4-11/h2-8H,9,20H2,1H3,(H,21,25). The van der Waals surface area contributed by atoms with Gasteiger partial charge in [-0.1, -0.05) is 17.8 Å². The molecule has 0 fully saturated rings. The number of aromatic nitrogens is 3. The summed E-state index contributed by atoms with van der Waals surface area (Å²) in [6.45, 7) is 1.64. The number of aryl methyl sites for hydroxylation is 1. The summed E-state index contributed by atoms with van der Waals surface area (Å²) in [7, 11) is 0. The number of carbonyl (C=O) groups excluding carboxylic acids is 1. The Kier molecular flexibility index (Phi) is 5.17. The van der Waals surface area contributed by atoms with Crippen LogP contribution in [0.5, 0.6) is 0 Å². The molecule has 26 heavy (non-hydrogen) atoms. The minimum atomic E-state index is -0.388. The fourth-order valence-electron chi connectivity index (χ4n) is 2.17. The zero-order chi connectivity index (χ0) is 18.7. The van der Waals surface area contributed by atoms with Gasteiger partial charge in [0.15, 0.2) is 5.82 Å².